The number of nitrogens with zero attached hydrogens (tertiary/aromatic N) is 3. The molecule has 0 unspecified atom stereocenters. The first-order chi connectivity index (χ1) is 12.6. The van der Waals surface area contributed by atoms with Crippen LogP contribution in [0.3, 0.4) is 0 Å². The molecule has 0 saturated carbocycles. The minimum absolute atomic E-state index is 0.0279. The molecule has 2 aliphatic rings. The quantitative estimate of drug-likeness (QED) is 0.856. The molecule has 1 aromatic heterocycles. The molecule has 26 heavy (non-hydrogen) atoms. The Balaban J connectivity index is 1.45. The second-order valence-electron chi connectivity index (χ2n) is 7.46. The second-order valence-corrected chi connectivity index (χ2v) is 7.46. The number of aryl methyl sites for hydroxylation is 1. The van der Waals surface area contributed by atoms with Crippen molar-refractivity contribution in [3.63, 3.8) is 0 Å². The van der Waals surface area contributed by atoms with Crippen LogP contribution in [-0.2, 0) is 11.3 Å². The van der Waals surface area contributed by atoms with Gasteiger partial charge in [-0.05, 0) is 37.5 Å². The van der Waals surface area contributed by atoms with E-state index in [9.17, 15) is 9.59 Å². The molecule has 2 saturated heterocycles. The number of benzene rings is 1. The molecule has 5 heteroatoms. The van der Waals surface area contributed by atoms with Crippen LogP contribution >= 0.6 is 0 Å². The van der Waals surface area contributed by atoms with Crippen molar-refractivity contribution in [2.24, 2.45) is 5.41 Å². The Morgan fingerprint density at radius 1 is 1.19 bits per heavy atom. The van der Waals surface area contributed by atoms with Crippen molar-refractivity contribution >= 4 is 11.8 Å². The maximum absolute atomic E-state index is 13.1. The van der Waals surface area contributed by atoms with Crippen molar-refractivity contribution in [2.75, 3.05) is 19.6 Å². The van der Waals surface area contributed by atoms with Gasteiger partial charge >= 0.3 is 0 Å². The molecule has 4 rings (SSSR count). The monoisotopic (exact) mass is 349 g/mol. The first-order valence-corrected chi connectivity index (χ1v) is 9.12. The van der Waals surface area contributed by atoms with E-state index in [4.69, 9.17) is 0 Å². The van der Waals surface area contributed by atoms with Gasteiger partial charge in [0.25, 0.3) is 5.91 Å². The van der Waals surface area contributed by atoms with Gasteiger partial charge in [-0.3, -0.25) is 14.6 Å². The van der Waals surface area contributed by atoms with Crippen LogP contribution in [0, 0.1) is 12.3 Å². The van der Waals surface area contributed by atoms with Crippen LogP contribution in [0.15, 0.2) is 48.8 Å². The molecule has 0 N–H and O–H groups in total. The highest BCUT2D eigenvalue weighted by molar-refractivity contribution is 5.95. The summed E-state index contributed by atoms with van der Waals surface area (Å²) >= 11 is 0. The lowest BCUT2D eigenvalue weighted by Gasteiger charge is -2.24. The van der Waals surface area contributed by atoms with E-state index in [1.165, 1.54) is 5.56 Å². The lowest BCUT2D eigenvalue weighted by Crippen LogP contribution is -2.38. The number of carbonyl (C=O) groups excluding carboxylic acids is 2. The fraction of sp³-hybridized carbons (Fsp3) is 0.381. The molecule has 2 fully saturated rings. The standard InChI is InChI=1S/C21H23N3O2/c1-16-4-2-5-17(12-16)14-23-10-7-21(20(23)26)8-11-24(15-21)19(25)18-6-3-9-22-13-18/h2-6,9,12-13H,7-8,10-11,14-15H2,1H3/t21-/m0/s1. The molecular weight excluding hydrogens is 326 g/mol. The Morgan fingerprint density at radius 3 is 2.81 bits per heavy atom. The summed E-state index contributed by atoms with van der Waals surface area (Å²) in [6, 6.07) is 11.8. The fourth-order valence-electron chi connectivity index (χ4n) is 4.17. The predicted octanol–water partition coefficient (Wildman–Crippen LogP) is 2.65. The molecule has 0 bridgehead atoms. The Morgan fingerprint density at radius 2 is 2.04 bits per heavy atom. The fourth-order valence-corrected chi connectivity index (χ4v) is 4.17. The van der Waals surface area contributed by atoms with Crippen molar-refractivity contribution in [1.82, 2.24) is 14.8 Å². The third-order valence-corrected chi connectivity index (χ3v) is 5.61. The van der Waals surface area contributed by atoms with Crippen molar-refractivity contribution in [3.05, 3.63) is 65.5 Å². The maximum atomic E-state index is 13.1. The van der Waals surface area contributed by atoms with Crippen LogP contribution < -0.4 is 0 Å². The minimum Gasteiger partial charge on any atom is -0.338 e. The minimum atomic E-state index is -0.401. The average molecular weight is 349 g/mol. The smallest absolute Gasteiger partial charge is 0.255 e. The van der Waals surface area contributed by atoms with E-state index in [1.54, 1.807) is 24.5 Å². The van der Waals surface area contributed by atoms with Gasteiger partial charge in [0.15, 0.2) is 0 Å². The summed E-state index contributed by atoms with van der Waals surface area (Å²) in [6.45, 7) is 4.64. The molecule has 3 heterocycles. The second kappa shape index (κ2) is 6.56. The Hall–Kier alpha value is -2.69. The zero-order valence-corrected chi connectivity index (χ0v) is 15.0. The van der Waals surface area contributed by atoms with Gasteiger partial charge in [-0.15, -0.1) is 0 Å². The molecule has 2 amide bonds. The van der Waals surface area contributed by atoms with Gasteiger partial charge in [-0.2, -0.15) is 0 Å². The average Bonchev–Trinajstić information content (AvgIpc) is 3.22. The van der Waals surface area contributed by atoms with E-state index in [0.29, 0.717) is 25.2 Å². The van der Waals surface area contributed by atoms with Gasteiger partial charge in [-0.1, -0.05) is 29.8 Å². The molecule has 0 aliphatic carbocycles. The highest BCUT2D eigenvalue weighted by Gasteiger charge is 2.51. The van der Waals surface area contributed by atoms with E-state index < -0.39 is 5.41 Å². The predicted molar refractivity (Wildman–Crippen MR) is 98.4 cm³/mol. The van der Waals surface area contributed by atoms with Gasteiger partial charge in [0.05, 0.1) is 11.0 Å². The van der Waals surface area contributed by atoms with Crippen LogP contribution in [0.25, 0.3) is 0 Å². The number of aromatic nitrogens is 1. The van der Waals surface area contributed by atoms with Crippen LogP contribution in [0.5, 0.6) is 0 Å². The summed E-state index contributed by atoms with van der Waals surface area (Å²) in [5, 5.41) is 0. The largest absolute Gasteiger partial charge is 0.338 e. The summed E-state index contributed by atoms with van der Waals surface area (Å²) in [7, 11) is 0. The summed E-state index contributed by atoms with van der Waals surface area (Å²) < 4.78 is 0. The van der Waals surface area contributed by atoms with Gasteiger partial charge in [0.2, 0.25) is 5.91 Å². The van der Waals surface area contributed by atoms with E-state index in [-0.39, 0.29) is 11.8 Å². The normalized spacial score (nSPS) is 22.4. The molecule has 134 valence electrons. The first kappa shape index (κ1) is 16.8. The highest BCUT2D eigenvalue weighted by Crippen LogP contribution is 2.41. The van der Waals surface area contributed by atoms with Crippen LogP contribution in [0.2, 0.25) is 0 Å². The van der Waals surface area contributed by atoms with Crippen molar-refractivity contribution in [3.8, 4) is 0 Å². The summed E-state index contributed by atoms with van der Waals surface area (Å²) in [6.07, 6.45) is 4.83. The van der Waals surface area contributed by atoms with Crippen molar-refractivity contribution < 1.29 is 9.59 Å². The number of hydrogen-bond acceptors (Lipinski definition) is 3. The summed E-state index contributed by atoms with van der Waals surface area (Å²) in [4.78, 5) is 33.6. The van der Waals surface area contributed by atoms with E-state index >= 15 is 0 Å². The number of carbonyl (C=O) groups is 2. The number of hydrogen-bond donors (Lipinski definition) is 0. The van der Waals surface area contributed by atoms with Gasteiger partial charge in [0.1, 0.15) is 0 Å². The highest BCUT2D eigenvalue weighted by atomic mass is 16.2. The Kier molecular flexibility index (Phi) is 4.23. The molecule has 2 aromatic rings. The van der Waals surface area contributed by atoms with E-state index in [1.807, 2.05) is 15.9 Å². The molecule has 5 nitrogen and oxygen atoms in total. The number of rotatable bonds is 3. The maximum Gasteiger partial charge on any atom is 0.255 e. The van der Waals surface area contributed by atoms with E-state index in [0.717, 1.165) is 24.9 Å². The number of likely N-dealkylation sites (tertiary alicyclic amines) is 2. The third-order valence-electron chi connectivity index (χ3n) is 5.61. The molecule has 1 atom stereocenters. The molecule has 1 spiro atoms. The van der Waals surface area contributed by atoms with Crippen molar-refractivity contribution in [1.29, 1.82) is 0 Å². The lowest BCUT2D eigenvalue weighted by molar-refractivity contribution is -0.135. The van der Waals surface area contributed by atoms with Crippen LogP contribution in [-0.4, -0.2) is 46.2 Å². The lowest BCUT2D eigenvalue weighted by atomic mass is 9.85. The zero-order chi connectivity index (χ0) is 18.1. The Bertz CT molecular complexity index is 836. The topological polar surface area (TPSA) is 53.5 Å². The van der Waals surface area contributed by atoms with Crippen molar-refractivity contribution in [2.45, 2.75) is 26.3 Å². The molecular formula is C21H23N3O2. The Labute approximate surface area is 153 Å². The van der Waals surface area contributed by atoms with Gasteiger partial charge in [0, 0.05) is 38.6 Å². The summed E-state index contributed by atoms with van der Waals surface area (Å²) in [5.74, 6) is 0.167. The summed E-state index contributed by atoms with van der Waals surface area (Å²) in [5.41, 5.74) is 2.56. The molecule has 2 aliphatic heterocycles. The van der Waals surface area contributed by atoms with Crippen LogP contribution in [0.4, 0.5) is 0 Å². The number of pyridine rings is 1. The molecule has 1 aromatic carbocycles. The first-order valence-electron chi connectivity index (χ1n) is 9.12. The van der Waals surface area contributed by atoms with Gasteiger partial charge in [-0.25, -0.2) is 0 Å². The van der Waals surface area contributed by atoms with E-state index in [2.05, 4.69) is 30.1 Å². The molecule has 0 radical (unpaired) electrons. The zero-order valence-electron chi connectivity index (χ0n) is 15.0. The number of amides is 2. The van der Waals surface area contributed by atoms with Gasteiger partial charge < -0.3 is 9.80 Å². The SMILES string of the molecule is Cc1cccc(CN2CC[C@@]3(CCN(C(=O)c4cccnc4)C3)C2=O)c1. The third kappa shape index (κ3) is 2.98. The van der Waals surface area contributed by atoms with Crippen LogP contribution in [0.1, 0.15) is 34.3 Å².